The van der Waals surface area contributed by atoms with Crippen LogP contribution in [0.3, 0.4) is 0 Å². The molecule has 0 saturated heterocycles. The number of hydrogen-bond donors (Lipinski definition) is 0. The highest BCUT2D eigenvalue weighted by Crippen LogP contribution is 2.29. The fourth-order valence-corrected chi connectivity index (χ4v) is 2.95. The van der Waals surface area contributed by atoms with E-state index in [9.17, 15) is 0 Å². The molecular formula is C18H25N3. The lowest BCUT2D eigenvalue weighted by molar-refractivity contribution is 0.512. The summed E-state index contributed by atoms with van der Waals surface area (Å²) in [5.41, 5.74) is 2.82. The molecule has 0 fully saturated rings. The Morgan fingerprint density at radius 3 is 2.67 bits per heavy atom. The first-order valence-electron chi connectivity index (χ1n) is 8.15. The van der Waals surface area contributed by atoms with Crippen LogP contribution in [0.25, 0.3) is 11.0 Å². The molecule has 1 aromatic heterocycles. The molecule has 2 aromatic rings. The Balaban J connectivity index is 2.49. The first-order chi connectivity index (χ1) is 10.2. The molecule has 0 saturated carbocycles. The lowest BCUT2D eigenvalue weighted by Gasteiger charge is -2.16. The van der Waals surface area contributed by atoms with E-state index >= 15 is 0 Å². The van der Waals surface area contributed by atoms with E-state index in [0.29, 0.717) is 11.5 Å². The van der Waals surface area contributed by atoms with Gasteiger partial charge in [-0.15, -0.1) is 0 Å². The lowest BCUT2D eigenvalue weighted by atomic mass is 9.98. The molecule has 0 amide bonds. The molecule has 0 radical (unpaired) electrons. The predicted octanol–water partition coefficient (Wildman–Crippen LogP) is 5.00. The molecule has 1 atom stereocenters. The second-order valence-corrected chi connectivity index (χ2v) is 5.68. The zero-order chi connectivity index (χ0) is 15.2. The average molecular weight is 283 g/mol. The number of aromatic nitrogens is 2. The van der Waals surface area contributed by atoms with Crippen LogP contribution in [0.1, 0.15) is 70.2 Å². The molecule has 1 aromatic carbocycles. The number of nitrogens with zero attached hydrogens (tertiary/aromatic N) is 3. The lowest BCUT2D eigenvalue weighted by Crippen LogP contribution is -2.09. The van der Waals surface area contributed by atoms with Crippen molar-refractivity contribution in [3.8, 4) is 6.07 Å². The summed E-state index contributed by atoms with van der Waals surface area (Å²) in [6.07, 6.45) is 5.90. The number of rotatable bonds is 7. The van der Waals surface area contributed by atoms with E-state index in [0.717, 1.165) is 24.9 Å². The number of benzene rings is 1. The van der Waals surface area contributed by atoms with Crippen LogP contribution in [0.2, 0.25) is 0 Å². The molecule has 3 heteroatoms. The number of nitriles is 1. The van der Waals surface area contributed by atoms with E-state index in [1.807, 2.05) is 18.2 Å². The molecule has 0 bridgehead atoms. The Morgan fingerprint density at radius 1 is 1.24 bits per heavy atom. The van der Waals surface area contributed by atoms with Gasteiger partial charge in [0.1, 0.15) is 5.82 Å². The van der Waals surface area contributed by atoms with Crippen molar-refractivity contribution in [2.24, 2.45) is 0 Å². The van der Waals surface area contributed by atoms with Gasteiger partial charge >= 0.3 is 0 Å². The fraction of sp³-hybridized carbons (Fsp3) is 0.556. The molecule has 112 valence electrons. The second kappa shape index (κ2) is 7.26. The van der Waals surface area contributed by atoms with Gasteiger partial charge in [-0.25, -0.2) is 4.98 Å². The maximum Gasteiger partial charge on any atom is 0.112 e. The highest BCUT2D eigenvalue weighted by molar-refractivity contribution is 5.78. The van der Waals surface area contributed by atoms with Crippen LogP contribution in [0, 0.1) is 11.3 Å². The van der Waals surface area contributed by atoms with Gasteiger partial charge in [-0.2, -0.15) is 5.26 Å². The Bertz CT molecular complexity index is 634. The van der Waals surface area contributed by atoms with Crippen LogP contribution in [0.4, 0.5) is 0 Å². The third-order valence-electron chi connectivity index (χ3n) is 4.12. The van der Waals surface area contributed by atoms with Crippen molar-refractivity contribution in [2.75, 3.05) is 0 Å². The smallest absolute Gasteiger partial charge is 0.112 e. The summed E-state index contributed by atoms with van der Waals surface area (Å²) < 4.78 is 2.36. The highest BCUT2D eigenvalue weighted by Gasteiger charge is 2.18. The molecular weight excluding hydrogens is 258 g/mol. The Hall–Kier alpha value is -1.82. The van der Waals surface area contributed by atoms with Crippen molar-refractivity contribution < 1.29 is 0 Å². The molecule has 1 unspecified atom stereocenters. The van der Waals surface area contributed by atoms with Crippen LogP contribution in [0.5, 0.6) is 0 Å². The number of hydrogen-bond acceptors (Lipinski definition) is 2. The largest absolute Gasteiger partial charge is 0.328 e. The first kappa shape index (κ1) is 15.6. The van der Waals surface area contributed by atoms with Gasteiger partial charge in [0.2, 0.25) is 0 Å². The minimum atomic E-state index is 0.523. The Labute approximate surface area is 127 Å². The van der Waals surface area contributed by atoms with E-state index in [1.165, 1.54) is 30.6 Å². The highest BCUT2D eigenvalue weighted by atomic mass is 15.1. The maximum atomic E-state index is 9.06. The summed E-state index contributed by atoms with van der Waals surface area (Å²) >= 11 is 0. The van der Waals surface area contributed by atoms with Gasteiger partial charge in [-0.3, -0.25) is 0 Å². The van der Waals surface area contributed by atoms with Gasteiger partial charge in [0.05, 0.1) is 22.7 Å². The summed E-state index contributed by atoms with van der Waals surface area (Å²) in [5.74, 6) is 1.73. The van der Waals surface area contributed by atoms with Gasteiger partial charge in [0.25, 0.3) is 0 Å². The molecule has 2 rings (SSSR count). The minimum Gasteiger partial charge on any atom is -0.328 e. The second-order valence-electron chi connectivity index (χ2n) is 5.68. The zero-order valence-corrected chi connectivity index (χ0v) is 13.4. The van der Waals surface area contributed by atoms with Crippen molar-refractivity contribution in [3.63, 3.8) is 0 Å². The van der Waals surface area contributed by atoms with E-state index in [1.54, 1.807) is 0 Å². The zero-order valence-electron chi connectivity index (χ0n) is 13.4. The summed E-state index contributed by atoms with van der Waals surface area (Å²) in [7, 11) is 0. The minimum absolute atomic E-state index is 0.523. The molecule has 21 heavy (non-hydrogen) atoms. The van der Waals surface area contributed by atoms with Crippen LogP contribution in [0.15, 0.2) is 18.2 Å². The third kappa shape index (κ3) is 3.26. The van der Waals surface area contributed by atoms with Crippen molar-refractivity contribution >= 4 is 11.0 Å². The van der Waals surface area contributed by atoms with Crippen molar-refractivity contribution in [1.29, 1.82) is 5.26 Å². The van der Waals surface area contributed by atoms with Crippen molar-refractivity contribution in [1.82, 2.24) is 9.55 Å². The van der Waals surface area contributed by atoms with Crippen molar-refractivity contribution in [3.05, 3.63) is 29.6 Å². The van der Waals surface area contributed by atoms with Crippen LogP contribution in [-0.2, 0) is 6.54 Å². The SMILES string of the molecule is CCCCC(CC)c1nc2cc(C#N)ccc2n1CCC. The first-order valence-corrected chi connectivity index (χ1v) is 8.15. The van der Waals surface area contributed by atoms with E-state index < -0.39 is 0 Å². The standard InChI is InChI=1S/C18H25N3/c1-4-7-8-15(6-3)18-20-16-12-14(13-19)9-10-17(16)21(18)11-5-2/h9-10,12,15H,4-8,11H2,1-3H3. The Morgan fingerprint density at radius 2 is 2.05 bits per heavy atom. The summed E-state index contributed by atoms with van der Waals surface area (Å²) in [5, 5.41) is 9.06. The fourth-order valence-electron chi connectivity index (χ4n) is 2.95. The topological polar surface area (TPSA) is 41.6 Å². The molecule has 0 spiro atoms. The Kier molecular flexibility index (Phi) is 5.38. The summed E-state index contributed by atoms with van der Waals surface area (Å²) in [6.45, 7) is 7.68. The summed E-state index contributed by atoms with van der Waals surface area (Å²) in [4.78, 5) is 4.88. The predicted molar refractivity (Wildman–Crippen MR) is 87.3 cm³/mol. The maximum absolute atomic E-state index is 9.06. The van der Waals surface area contributed by atoms with Gasteiger partial charge in [0.15, 0.2) is 0 Å². The average Bonchev–Trinajstić information content (AvgIpc) is 2.86. The normalized spacial score (nSPS) is 12.5. The molecule has 1 heterocycles. The monoisotopic (exact) mass is 283 g/mol. The molecule has 0 aliphatic rings. The van der Waals surface area contributed by atoms with Crippen molar-refractivity contribution in [2.45, 2.75) is 65.3 Å². The van der Waals surface area contributed by atoms with Crippen LogP contribution in [-0.4, -0.2) is 9.55 Å². The van der Waals surface area contributed by atoms with Gasteiger partial charge < -0.3 is 4.57 Å². The van der Waals surface area contributed by atoms with E-state index in [2.05, 4.69) is 31.4 Å². The summed E-state index contributed by atoms with van der Waals surface area (Å²) in [6, 6.07) is 8.07. The van der Waals surface area contributed by atoms with Gasteiger partial charge in [0, 0.05) is 12.5 Å². The van der Waals surface area contributed by atoms with E-state index in [-0.39, 0.29) is 0 Å². The third-order valence-corrected chi connectivity index (χ3v) is 4.12. The quantitative estimate of drug-likeness (QED) is 0.717. The molecule has 0 N–H and O–H groups in total. The number of aryl methyl sites for hydroxylation is 1. The van der Waals surface area contributed by atoms with Crippen LogP contribution >= 0.6 is 0 Å². The van der Waals surface area contributed by atoms with Gasteiger partial charge in [-0.05, 0) is 37.5 Å². The molecule has 0 aliphatic heterocycles. The number of unbranched alkanes of at least 4 members (excludes halogenated alkanes) is 1. The number of imidazole rings is 1. The van der Waals surface area contributed by atoms with E-state index in [4.69, 9.17) is 10.2 Å². The number of fused-ring (bicyclic) bond motifs is 1. The molecule has 0 aliphatic carbocycles. The van der Waals surface area contributed by atoms with Gasteiger partial charge in [-0.1, -0.05) is 33.6 Å². The van der Waals surface area contributed by atoms with Crippen LogP contribution < -0.4 is 0 Å². The molecule has 3 nitrogen and oxygen atoms in total.